The van der Waals surface area contributed by atoms with Crippen LogP contribution in [-0.2, 0) is 26.8 Å². The molecule has 44 heavy (non-hydrogen) atoms. The van der Waals surface area contributed by atoms with Gasteiger partial charge in [0.2, 0.25) is 0 Å². The van der Waals surface area contributed by atoms with Crippen LogP contribution in [-0.4, -0.2) is 75.3 Å². The zero-order valence-corrected chi connectivity index (χ0v) is 26.4. The van der Waals surface area contributed by atoms with E-state index in [4.69, 9.17) is 21.1 Å². The SMILES string of the molecule is O=C1NS(=O)(=O)N(C[C@@H]2CCCO2)C/C=C\[C@H](O)[C@@H]2CC[C@H]2CN2C[C@@]3(CCCc4cc(Cl)ccc43)COc3ccc1cc32. The number of aryl methyl sites for hydroxylation is 1. The number of carbonyl (C=O) groups is 1. The summed E-state index contributed by atoms with van der Waals surface area (Å²) < 4.78 is 42.9. The fourth-order valence-corrected chi connectivity index (χ4v) is 9.12. The van der Waals surface area contributed by atoms with E-state index in [2.05, 4.69) is 21.8 Å². The molecule has 7 rings (SSSR count). The summed E-state index contributed by atoms with van der Waals surface area (Å²) in [6.45, 7) is 2.63. The number of amides is 1. The van der Waals surface area contributed by atoms with Crippen molar-refractivity contribution in [1.29, 1.82) is 0 Å². The van der Waals surface area contributed by atoms with Crippen LogP contribution < -0.4 is 14.4 Å². The highest BCUT2D eigenvalue weighted by atomic mass is 35.5. The van der Waals surface area contributed by atoms with Crippen molar-refractivity contribution in [2.24, 2.45) is 11.8 Å². The lowest BCUT2D eigenvalue weighted by atomic mass is 9.68. The summed E-state index contributed by atoms with van der Waals surface area (Å²) in [5.74, 6) is 0.272. The van der Waals surface area contributed by atoms with Crippen LogP contribution in [0.4, 0.5) is 5.69 Å². The van der Waals surface area contributed by atoms with Crippen molar-refractivity contribution in [2.45, 2.75) is 62.6 Å². The zero-order chi connectivity index (χ0) is 30.5. The van der Waals surface area contributed by atoms with Crippen molar-refractivity contribution < 1.29 is 27.8 Å². The van der Waals surface area contributed by atoms with Gasteiger partial charge in [-0.15, -0.1) is 0 Å². The highest BCUT2D eigenvalue weighted by Gasteiger charge is 2.44. The lowest BCUT2D eigenvalue weighted by molar-refractivity contribution is 0.0455. The molecule has 2 bridgehead atoms. The minimum Gasteiger partial charge on any atom is -0.490 e. The lowest BCUT2D eigenvalue weighted by Gasteiger charge is -2.45. The largest absolute Gasteiger partial charge is 0.490 e. The monoisotopic (exact) mass is 641 g/mol. The maximum atomic E-state index is 13.5. The number of aliphatic hydroxyl groups is 1. The molecule has 2 aliphatic carbocycles. The van der Waals surface area contributed by atoms with Gasteiger partial charge in [0, 0.05) is 48.8 Å². The van der Waals surface area contributed by atoms with Crippen molar-refractivity contribution >= 4 is 33.4 Å². The maximum Gasteiger partial charge on any atom is 0.304 e. The molecule has 1 amide bonds. The first-order valence-corrected chi connectivity index (χ1v) is 17.6. The Morgan fingerprint density at radius 1 is 1.11 bits per heavy atom. The third kappa shape index (κ3) is 5.75. The molecule has 2 aromatic rings. The second kappa shape index (κ2) is 11.9. The molecule has 0 unspecified atom stereocenters. The van der Waals surface area contributed by atoms with E-state index in [1.54, 1.807) is 30.4 Å². The first kappa shape index (κ1) is 30.0. The van der Waals surface area contributed by atoms with Crippen molar-refractivity contribution in [3.8, 4) is 5.75 Å². The van der Waals surface area contributed by atoms with Gasteiger partial charge in [0.1, 0.15) is 5.75 Å². The highest BCUT2D eigenvalue weighted by molar-refractivity contribution is 7.87. The van der Waals surface area contributed by atoms with Crippen LogP contribution in [0.1, 0.15) is 60.0 Å². The molecular formula is C33H40ClN3O6S. The molecule has 5 aliphatic rings. The van der Waals surface area contributed by atoms with Crippen molar-refractivity contribution in [3.05, 3.63) is 70.3 Å². The van der Waals surface area contributed by atoms with E-state index in [0.29, 0.717) is 32.1 Å². The minimum absolute atomic E-state index is 0.0347. The van der Waals surface area contributed by atoms with Crippen LogP contribution in [0.25, 0.3) is 0 Å². The molecule has 5 atom stereocenters. The first-order valence-electron chi connectivity index (χ1n) is 15.8. The van der Waals surface area contributed by atoms with Crippen LogP contribution in [0.5, 0.6) is 5.75 Å². The highest BCUT2D eigenvalue weighted by Crippen LogP contribution is 2.46. The molecule has 2 N–H and O–H groups in total. The van der Waals surface area contributed by atoms with E-state index in [1.165, 1.54) is 15.4 Å². The van der Waals surface area contributed by atoms with Gasteiger partial charge in [-0.05, 0) is 98.2 Å². The molecule has 1 saturated heterocycles. The molecule has 1 spiro atoms. The molecule has 0 radical (unpaired) electrons. The van der Waals surface area contributed by atoms with E-state index in [9.17, 15) is 18.3 Å². The van der Waals surface area contributed by atoms with Gasteiger partial charge in [0.05, 0.1) is 24.5 Å². The summed E-state index contributed by atoms with van der Waals surface area (Å²) in [6, 6.07) is 11.3. The van der Waals surface area contributed by atoms with E-state index in [1.807, 2.05) is 6.07 Å². The van der Waals surface area contributed by atoms with Gasteiger partial charge in [-0.25, -0.2) is 4.72 Å². The van der Waals surface area contributed by atoms with Crippen LogP contribution in [0.15, 0.2) is 48.6 Å². The number of benzene rings is 2. The Bertz CT molecular complexity index is 1560. The Morgan fingerprint density at radius 2 is 2.00 bits per heavy atom. The molecule has 2 fully saturated rings. The van der Waals surface area contributed by atoms with Crippen LogP contribution >= 0.6 is 11.6 Å². The predicted octanol–water partition coefficient (Wildman–Crippen LogP) is 4.23. The number of nitrogens with zero attached hydrogens (tertiary/aromatic N) is 2. The zero-order valence-electron chi connectivity index (χ0n) is 24.8. The Balaban J connectivity index is 1.26. The van der Waals surface area contributed by atoms with E-state index in [0.717, 1.165) is 55.7 Å². The average molecular weight is 642 g/mol. The third-order valence-corrected chi connectivity index (χ3v) is 12.0. The maximum absolute atomic E-state index is 13.5. The number of rotatable bonds is 2. The number of carbonyl (C=O) groups excluding carboxylic acids is 1. The van der Waals surface area contributed by atoms with Gasteiger partial charge in [0.15, 0.2) is 0 Å². The molecule has 236 valence electrons. The first-order chi connectivity index (χ1) is 21.2. The fraction of sp³-hybridized carbons (Fsp3) is 0.545. The number of hydrogen-bond donors (Lipinski definition) is 2. The molecule has 3 heterocycles. The Hall–Kier alpha value is -2.63. The van der Waals surface area contributed by atoms with Crippen LogP contribution in [0.3, 0.4) is 0 Å². The Kier molecular flexibility index (Phi) is 8.16. The number of aliphatic hydroxyl groups excluding tert-OH is 1. The lowest BCUT2D eigenvalue weighted by Crippen LogP contribution is -2.49. The van der Waals surface area contributed by atoms with Crippen molar-refractivity contribution in [1.82, 2.24) is 9.03 Å². The molecule has 3 aliphatic heterocycles. The molecular weight excluding hydrogens is 602 g/mol. The predicted molar refractivity (Wildman–Crippen MR) is 169 cm³/mol. The second-order valence-electron chi connectivity index (χ2n) is 13.1. The van der Waals surface area contributed by atoms with Crippen molar-refractivity contribution in [3.63, 3.8) is 0 Å². The summed E-state index contributed by atoms with van der Waals surface area (Å²) in [5.41, 5.74) is 3.25. The Morgan fingerprint density at radius 3 is 2.80 bits per heavy atom. The van der Waals surface area contributed by atoms with Crippen LogP contribution in [0.2, 0.25) is 5.02 Å². The Labute approximate surface area is 264 Å². The molecule has 0 aromatic heterocycles. The average Bonchev–Trinajstić information content (AvgIpc) is 3.44. The fourth-order valence-electron chi connectivity index (χ4n) is 7.80. The van der Waals surface area contributed by atoms with Gasteiger partial charge in [0.25, 0.3) is 5.91 Å². The summed E-state index contributed by atoms with van der Waals surface area (Å²) in [6.07, 6.45) is 8.96. The molecule has 1 saturated carbocycles. The molecule has 9 nitrogen and oxygen atoms in total. The van der Waals surface area contributed by atoms with E-state index >= 15 is 0 Å². The van der Waals surface area contributed by atoms with Gasteiger partial charge >= 0.3 is 10.2 Å². The number of halogens is 1. The van der Waals surface area contributed by atoms with Gasteiger partial charge in [-0.2, -0.15) is 12.7 Å². The van der Waals surface area contributed by atoms with Crippen molar-refractivity contribution in [2.75, 3.05) is 44.3 Å². The van der Waals surface area contributed by atoms with E-state index < -0.39 is 22.2 Å². The normalized spacial score (nSPS) is 32.6. The summed E-state index contributed by atoms with van der Waals surface area (Å²) in [7, 11) is -4.19. The number of ether oxygens (including phenoxy) is 2. The van der Waals surface area contributed by atoms with Crippen LogP contribution in [0, 0.1) is 11.8 Å². The number of nitrogens with one attached hydrogen (secondary N) is 1. The summed E-state index contributed by atoms with van der Waals surface area (Å²) >= 11 is 6.39. The number of hydrogen-bond acceptors (Lipinski definition) is 7. The molecule has 2 aromatic carbocycles. The van der Waals surface area contributed by atoms with Gasteiger partial charge in [-0.1, -0.05) is 29.8 Å². The summed E-state index contributed by atoms with van der Waals surface area (Å²) in [4.78, 5) is 15.8. The molecule has 11 heteroatoms. The topological polar surface area (TPSA) is 108 Å². The standard InChI is InChI=1S/C33H40ClN3O6S/c34-25-9-11-28-22(16-25)4-1-13-33(28)20-36-18-24-7-10-27(24)30(38)6-2-14-37(19-26-5-3-15-42-26)44(40,41)35-32(39)23-8-12-31(43-21-33)29(36)17-23/h2,6,8-9,11-12,16-17,24,26-27,30,38H,1,3-5,7,10,13-15,18-21H2,(H,35,39)/b6-2-/t24-,26-,27+,30-,33-/m0/s1. The second-order valence-corrected chi connectivity index (χ2v) is 15.2. The van der Waals surface area contributed by atoms with E-state index in [-0.39, 0.29) is 42.0 Å². The quantitative estimate of drug-likeness (QED) is 0.473. The minimum atomic E-state index is -4.19. The van der Waals surface area contributed by atoms with Gasteiger partial charge in [-0.3, -0.25) is 4.79 Å². The number of anilines is 1. The van der Waals surface area contributed by atoms with Gasteiger partial charge < -0.3 is 19.5 Å². The smallest absolute Gasteiger partial charge is 0.304 e. The number of fused-ring (bicyclic) bond motifs is 4. The third-order valence-electron chi connectivity index (χ3n) is 10.3. The summed E-state index contributed by atoms with van der Waals surface area (Å²) in [5, 5.41) is 12.0.